The van der Waals surface area contributed by atoms with E-state index in [9.17, 15) is 9.59 Å². The minimum atomic E-state index is -0.584. The van der Waals surface area contributed by atoms with Gasteiger partial charge in [0.25, 0.3) is 0 Å². The molecular weight excluding hydrogens is 288 g/mol. The summed E-state index contributed by atoms with van der Waals surface area (Å²) in [6.45, 7) is 10.7. The molecule has 2 amide bonds. The normalized spacial score (nSPS) is 11.4. The quantitative estimate of drug-likeness (QED) is 0.674. The fourth-order valence-electron chi connectivity index (χ4n) is 1.34. The molecular formula is C15H28N2O5. The molecule has 0 heterocycles. The van der Waals surface area contributed by atoms with Crippen LogP contribution in [0.25, 0.3) is 0 Å². The molecule has 0 unspecified atom stereocenters. The van der Waals surface area contributed by atoms with E-state index in [1.807, 2.05) is 0 Å². The maximum Gasteiger partial charge on any atom is 0.407 e. The Kier molecular flexibility index (Phi) is 7.94. The van der Waals surface area contributed by atoms with Crippen molar-refractivity contribution in [1.82, 2.24) is 10.6 Å². The van der Waals surface area contributed by atoms with Crippen LogP contribution in [0.15, 0.2) is 11.6 Å². The molecule has 128 valence electrons. The lowest BCUT2D eigenvalue weighted by Gasteiger charge is -2.21. The first kappa shape index (κ1) is 20.2. The topological polar surface area (TPSA) is 96.9 Å². The van der Waals surface area contributed by atoms with Gasteiger partial charge in [0, 0.05) is 13.1 Å². The smallest absolute Gasteiger partial charge is 0.407 e. The van der Waals surface area contributed by atoms with Crippen LogP contribution in [0.5, 0.6) is 0 Å². The van der Waals surface area contributed by atoms with Crippen molar-refractivity contribution in [2.24, 2.45) is 0 Å². The number of hydrogen-bond donors (Lipinski definition) is 3. The van der Waals surface area contributed by atoms with Crippen molar-refractivity contribution in [3.05, 3.63) is 11.6 Å². The Morgan fingerprint density at radius 3 is 1.55 bits per heavy atom. The largest absolute Gasteiger partial charge is 0.444 e. The summed E-state index contributed by atoms with van der Waals surface area (Å²) in [5.41, 5.74) is -0.529. The molecule has 0 aliphatic carbocycles. The third kappa shape index (κ3) is 12.0. The van der Waals surface area contributed by atoms with Gasteiger partial charge in [0.15, 0.2) is 0 Å². The van der Waals surface area contributed by atoms with Crippen molar-refractivity contribution in [3.63, 3.8) is 0 Å². The third-order valence-corrected chi connectivity index (χ3v) is 2.10. The molecule has 0 saturated heterocycles. The van der Waals surface area contributed by atoms with Gasteiger partial charge in [0.1, 0.15) is 11.2 Å². The number of amides is 2. The Bertz CT molecular complexity index is 371. The third-order valence-electron chi connectivity index (χ3n) is 2.10. The molecule has 0 spiro atoms. The van der Waals surface area contributed by atoms with Gasteiger partial charge in [-0.2, -0.15) is 0 Å². The van der Waals surface area contributed by atoms with Crippen LogP contribution in [-0.2, 0) is 9.47 Å². The first-order valence-corrected chi connectivity index (χ1v) is 7.15. The van der Waals surface area contributed by atoms with Gasteiger partial charge in [-0.1, -0.05) is 6.08 Å². The summed E-state index contributed by atoms with van der Waals surface area (Å²) < 4.78 is 10.2. The molecule has 0 fully saturated rings. The molecule has 0 atom stereocenters. The van der Waals surface area contributed by atoms with Crippen LogP contribution in [0.3, 0.4) is 0 Å². The average Bonchev–Trinajstić information content (AvgIpc) is 2.28. The zero-order valence-electron chi connectivity index (χ0n) is 14.3. The predicted molar refractivity (Wildman–Crippen MR) is 83.6 cm³/mol. The van der Waals surface area contributed by atoms with E-state index in [1.54, 1.807) is 41.5 Å². The highest BCUT2D eigenvalue weighted by molar-refractivity contribution is 5.69. The maximum absolute atomic E-state index is 11.6. The number of aliphatic hydroxyl groups excluding tert-OH is 1. The molecule has 0 rings (SSSR count). The fourth-order valence-corrected chi connectivity index (χ4v) is 1.34. The number of rotatable bonds is 5. The van der Waals surface area contributed by atoms with Gasteiger partial charge in [0.2, 0.25) is 0 Å². The highest BCUT2D eigenvalue weighted by atomic mass is 16.6. The Morgan fingerprint density at radius 2 is 1.27 bits per heavy atom. The van der Waals surface area contributed by atoms with Crippen molar-refractivity contribution >= 4 is 12.2 Å². The molecule has 0 bridgehead atoms. The van der Waals surface area contributed by atoms with Gasteiger partial charge in [-0.15, -0.1) is 0 Å². The van der Waals surface area contributed by atoms with Crippen LogP contribution in [-0.4, -0.2) is 48.2 Å². The lowest BCUT2D eigenvalue weighted by atomic mass is 10.2. The van der Waals surface area contributed by atoms with E-state index in [1.165, 1.54) is 6.08 Å². The van der Waals surface area contributed by atoms with Gasteiger partial charge < -0.3 is 25.2 Å². The van der Waals surface area contributed by atoms with Gasteiger partial charge in [-0.3, -0.25) is 0 Å². The molecule has 3 N–H and O–H groups in total. The number of aliphatic hydroxyl groups is 1. The molecule has 0 radical (unpaired) electrons. The molecule has 0 aliphatic rings. The number of carbonyl (C=O) groups excluding carboxylic acids is 2. The van der Waals surface area contributed by atoms with E-state index in [0.717, 1.165) is 0 Å². The lowest BCUT2D eigenvalue weighted by molar-refractivity contribution is 0.0530. The summed E-state index contributed by atoms with van der Waals surface area (Å²) in [5.74, 6) is 0. The van der Waals surface area contributed by atoms with Crippen LogP contribution in [0.2, 0.25) is 0 Å². The summed E-state index contributed by atoms with van der Waals surface area (Å²) >= 11 is 0. The lowest BCUT2D eigenvalue weighted by Crippen LogP contribution is -2.37. The van der Waals surface area contributed by atoms with E-state index in [-0.39, 0.29) is 19.7 Å². The number of carbonyl (C=O) groups is 2. The van der Waals surface area contributed by atoms with Gasteiger partial charge in [0.05, 0.1) is 6.61 Å². The van der Waals surface area contributed by atoms with Gasteiger partial charge in [-0.25, -0.2) is 9.59 Å². The Labute approximate surface area is 132 Å². The second-order valence-electron chi connectivity index (χ2n) is 6.76. The first-order valence-electron chi connectivity index (χ1n) is 7.15. The van der Waals surface area contributed by atoms with Crippen LogP contribution in [0, 0.1) is 0 Å². The highest BCUT2D eigenvalue weighted by Crippen LogP contribution is 2.07. The van der Waals surface area contributed by atoms with Crippen LogP contribution >= 0.6 is 0 Å². The van der Waals surface area contributed by atoms with Crippen molar-refractivity contribution < 1.29 is 24.2 Å². The number of alkyl carbamates (subject to hydrolysis) is 2. The summed E-state index contributed by atoms with van der Waals surface area (Å²) in [6.07, 6.45) is 0.386. The SMILES string of the molecule is CC(C)(C)OC(=O)NCC(=CCO)CNC(=O)OC(C)(C)C. The van der Waals surface area contributed by atoms with Crippen molar-refractivity contribution in [2.45, 2.75) is 52.7 Å². The monoisotopic (exact) mass is 316 g/mol. The van der Waals surface area contributed by atoms with Crippen molar-refractivity contribution in [1.29, 1.82) is 0 Å². The first-order chi connectivity index (χ1) is 9.93. The molecule has 0 saturated carbocycles. The van der Waals surface area contributed by atoms with E-state index in [4.69, 9.17) is 14.6 Å². The maximum atomic E-state index is 11.6. The molecule has 7 heteroatoms. The van der Waals surface area contributed by atoms with Gasteiger partial charge in [-0.05, 0) is 47.1 Å². The number of hydrogen-bond acceptors (Lipinski definition) is 5. The molecule has 0 aromatic rings. The zero-order valence-corrected chi connectivity index (χ0v) is 14.3. The zero-order chi connectivity index (χ0) is 17.4. The number of nitrogens with one attached hydrogen (secondary N) is 2. The van der Waals surface area contributed by atoms with Gasteiger partial charge >= 0.3 is 12.2 Å². The summed E-state index contributed by atoms with van der Waals surface area (Å²) in [7, 11) is 0. The van der Waals surface area contributed by atoms with Crippen molar-refractivity contribution in [2.75, 3.05) is 19.7 Å². The van der Waals surface area contributed by atoms with Crippen LogP contribution in [0.4, 0.5) is 9.59 Å². The van der Waals surface area contributed by atoms with Crippen LogP contribution < -0.4 is 10.6 Å². The molecule has 7 nitrogen and oxygen atoms in total. The Balaban J connectivity index is 4.31. The molecule has 0 aliphatic heterocycles. The summed E-state index contributed by atoms with van der Waals surface area (Å²) in [4.78, 5) is 23.1. The number of ether oxygens (including phenoxy) is 2. The summed E-state index contributed by atoms with van der Waals surface area (Å²) in [5, 5.41) is 14.1. The molecule has 22 heavy (non-hydrogen) atoms. The Hall–Kier alpha value is -1.76. The van der Waals surface area contributed by atoms with E-state index >= 15 is 0 Å². The Morgan fingerprint density at radius 1 is 0.909 bits per heavy atom. The van der Waals surface area contributed by atoms with E-state index < -0.39 is 23.4 Å². The molecule has 0 aromatic carbocycles. The van der Waals surface area contributed by atoms with E-state index in [0.29, 0.717) is 5.57 Å². The predicted octanol–water partition coefficient (Wildman–Crippen LogP) is 1.95. The van der Waals surface area contributed by atoms with Crippen LogP contribution in [0.1, 0.15) is 41.5 Å². The van der Waals surface area contributed by atoms with Crippen molar-refractivity contribution in [3.8, 4) is 0 Å². The second kappa shape index (κ2) is 8.63. The average molecular weight is 316 g/mol. The minimum absolute atomic E-state index is 0.158. The fraction of sp³-hybridized carbons (Fsp3) is 0.733. The highest BCUT2D eigenvalue weighted by Gasteiger charge is 2.17. The summed E-state index contributed by atoms with van der Waals surface area (Å²) in [6, 6.07) is 0. The standard InChI is InChI=1S/C15H28N2O5/c1-14(2,3)21-12(19)16-9-11(7-8-18)10-17-13(20)22-15(4,5)6/h7,18H,8-10H2,1-6H3,(H,16,19)(H,17,20). The minimum Gasteiger partial charge on any atom is -0.444 e. The second-order valence-corrected chi connectivity index (χ2v) is 6.76. The molecule has 0 aromatic heterocycles. The van der Waals surface area contributed by atoms with E-state index in [2.05, 4.69) is 10.6 Å².